The second-order valence-electron chi connectivity index (χ2n) is 6.40. The van der Waals surface area contributed by atoms with Gasteiger partial charge in [0.25, 0.3) is 5.91 Å². The molecule has 4 aromatic rings. The molecule has 0 bridgehead atoms. The minimum Gasteiger partial charge on any atom is -0.340 e. The van der Waals surface area contributed by atoms with Crippen LogP contribution in [-0.2, 0) is 6.42 Å². The summed E-state index contributed by atoms with van der Waals surface area (Å²) in [4.78, 5) is 29.0. The second-order valence-corrected chi connectivity index (χ2v) is 6.40. The topological polar surface area (TPSA) is 83.6 Å². The van der Waals surface area contributed by atoms with Gasteiger partial charge < -0.3 is 10.3 Å². The van der Waals surface area contributed by atoms with E-state index in [1.807, 2.05) is 61.5 Å². The number of nitrogens with zero attached hydrogens (tertiary/aromatic N) is 3. The van der Waals surface area contributed by atoms with E-state index in [-0.39, 0.29) is 17.6 Å². The van der Waals surface area contributed by atoms with E-state index in [2.05, 4.69) is 25.3 Å². The van der Waals surface area contributed by atoms with Crippen LogP contribution in [-0.4, -0.2) is 25.8 Å². The fourth-order valence-electron chi connectivity index (χ4n) is 2.95. The molecule has 2 aromatic carbocycles. The molecule has 1 amide bonds. The molecule has 27 heavy (non-hydrogen) atoms. The molecule has 0 saturated heterocycles. The fraction of sp³-hybridized carbons (Fsp3) is 0.143. The molecule has 0 aliphatic rings. The molecule has 0 aliphatic heterocycles. The van der Waals surface area contributed by atoms with Gasteiger partial charge in [-0.15, -0.1) is 0 Å². The first-order chi connectivity index (χ1) is 13.2. The van der Waals surface area contributed by atoms with Crippen molar-refractivity contribution in [3.05, 3.63) is 89.8 Å². The molecular formula is C21H19N5O. The van der Waals surface area contributed by atoms with Crippen molar-refractivity contribution in [2.45, 2.75) is 19.4 Å². The van der Waals surface area contributed by atoms with Crippen molar-refractivity contribution < 1.29 is 4.79 Å². The maximum atomic E-state index is 12.7. The van der Waals surface area contributed by atoms with E-state index in [9.17, 15) is 4.79 Å². The highest BCUT2D eigenvalue weighted by atomic mass is 16.2. The number of fused-ring (bicyclic) bond motifs is 1. The highest BCUT2D eigenvalue weighted by Crippen LogP contribution is 2.20. The molecule has 0 saturated carbocycles. The normalized spacial score (nSPS) is 12.0. The molecule has 0 fully saturated rings. The van der Waals surface area contributed by atoms with Crippen LogP contribution in [0, 0.1) is 6.92 Å². The Balaban J connectivity index is 1.64. The van der Waals surface area contributed by atoms with E-state index in [0.29, 0.717) is 12.2 Å². The summed E-state index contributed by atoms with van der Waals surface area (Å²) in [5.74, 6) is 0.442. The third kappa shape index (κ3) is 3.84. The van der Waals surface area contributed by atoms with Crippen LogP contribution in [0.3, 0.4) is 0 Å². The monoisotopic (exact) mass is 357 g/mol. The number of aryl methyl sites for hydroxylation is 1. The van der Waals surface area contributed by atoms with Crippen molar-refractivity contribution >= 4 is 16.9 Å². The van der Waals surface area contributed by atoms with Crippen LogP contribution in [0.5, 0.6) is 0 Å². The number of H-pyrrole nitrogens is 1. The molecular weight excluding hydrogens is 338 g/mol. The van der Waals surface area contributed by atoms with Gasteiger partial charge in [-0.05, 0) is 31.0 Å². The Kier molecular flexibility index (Phi) is 4.61. The molecule has 6 nitrogen and oxygen atoms in total. The molecule has 1 atom stereocenters. The third-order valence-corrected chi connectivity index (χ3v) is 4.34. The summed E-state index contributed by atoms with van der Waals surface area (Å²) in [6.07, 6.45) is 3.69. The van der Waals surface area contributed by atoms with E-state index >= 15 is 0 Å². The van der Waals surface area contributed by atoms with Gasteiger partial charge >= 0.3 is 0 Å². The number of rotatable bonds is 5. The van der Waals surface area contributed by atoms with Crippen LogP contribution in [0.2, 0.25) is 0 Å². The zero-order valence-corrected chi connectivity index (χ0v) is 14.9. The Bertz CT molecular complexity index is 1020. The maximum Gasteiger partial charge on any atom is 0.272 e. The minimum absolute atomic E-state index is 0.274. The van der Waals surface area contributed by atoms with Gasteiger partial charge in [-0.2, -0.15) is 0 Å². The van der Waals surface area contributed by atoms with E-state index in [1.165, 1.54) is 6.20 Å². The number of nitrogens with one attached hydrogen (secondary N) is 2. The summed E-state index contributed by atoms with van der Waals surface area (Å²) >= 11 is 0. The summed E-state index contributed by atoms with van der Waals surface area (Å²) in [5, 5.41) is 3.04. The summed E-state index contributed by atoms with van der Waals surface area (Å²) in [7, 11) is 0. The fourth-order valence-corrected chi connectivity index (χ4v) is 2.95. The highest BCUT2D eigenvalue weighted by molar-refractivity contribution is 5.92. The number of aromatic nitrogens is 4. The van der Waals surface area contributed by atoms with Gasteiger partial charge in [0, 0.05) is 6.20 Å². The zero-order chi connectivity index (χ0) is 18.6. The number of hydrogen-bond donors (Lipinski definition) is 2. The van der Waals surface area contributed by atoms with Gasteiger partial charge in [0.1, 0.15) is 11.5 Å². The summed E-state index contributed by atoms with van der Waals surface area (Å²) in [6, 6.07) is 17.5. The summed E-state index contributed by atoms with van der Waals surface area (Å²) < 4.78 is 0. The van der Waals surface area contributed by atoms with Gasteiger partial charge in [0.2, 0.25) is 0 Å². The van der Waals surface area contributed by atoms with E-state index in [4.69, 9.17) is 0 Å². The molecule has 2 heterocycles. The van der Waals surface area contributed by atoms with Crippen molar-refractivity contribution in [3.63, 3.8) is 0 Å². The van der Waals surface area contributed by atoms with E-state index in [1.54, 1.807) is 6.20 Å². The van der Waals surface area contributed by atoms with Gasteiger partial charge in [-0.1, -0.05) is 42.5 Å². The number of amides is 1. The lowest BCUT2D eigenvalue weighted by Crippen LogP contribution is -2.31. The van der Waals surface area contributed by atoms with Gasteiger partial charge in [-0.25, -0.2) is 9.97 Å². The average Bonchev–Trinajstić information content (AvgIpc) is 3.13. The van der Waals surface area contributed by atoms with Crippen molar-refractivity contribution in [3.8, 4) is 0 Å². The Labute approximate surface area is 156 Å². The third-order valence-electron chi connectivity index (χ3n) is 4.34. The lowest BCUT2D eigenvalue weighted by Gasteiger charge is -2.16. The molecule has 0 radical (unpaired) electrons. The predicted molar refractivity (Wildman–Crippen MR) is 103 cm³/mol. The Morgan fingerprint density at radius 1 is 1.04 bits per heavy atom. The van der Waals surface area contributed by atoms with E-state index in [0.717, 1.165) is 22.3 Å². The second kappa shape index (κ2) is 7.37. The van der Waals surface area contributed by atoms with Crippen LogP contribution < -0.4 is 5.32 Å². The van der Waals surface area contributed by atoms with E-state index < -0.39 is 0 Å². The molecule has 134 valence electrons. The minimum atomic E-state index is -0.310. The van der Waals surface area contributed by atoms with Crippen molar-refractivity contribution in [1.82, 2.24) is 25.3 Å². The first kappa shape index (κ1) is 16.9. The number of hydrogen-bond acceptors (Lipinski definition) is 4. The first-order valence-electron chi connectivity index (χ1n) is 8.77. The smallest absolute Gasteiger partial charge is 0.272 e. The first-order valence-corrected chi connectivity index (χ1v) is 8.77. The Morgan fingerprint density at radius 3 is 2.56 bits per heavy atom. The number of imidazole rings is 1. The zero-order valence-electron chi connectivity index (χ0n) is 14.9. The number of carbonyl (C=O) groups is 1. The number of aromatic amines is 1. The molecule has 2 aromatic heterocycles. The van der Waals surface area contributed by atoms with Crippen molar-refractivity contribution in [2.24, 2.45) is 0 Å². The molecule has 4 rings (SSSR count). The number of benzene rings is 2. The summed E-state index contributed by atoms with van der Waals surface area (Å²) in [5.41, 5.74) is 3.97. The predicted octanol–water partition coefficient (Wildman–Crippen LogP) is 3.38. The molecule has 2 N–H and O–H groups in total. The van der Waals surface area contributed by atoms with Gasteiger partial charge in [-0.3, -0.25) is 9.78 Å². The van der Waals surface area contributed by atoms with Crippen LogP contribution in [0.15, 0.2) is 67.0 Å². The van der Waals surface area contributed by atoms with Gasteiger partial charge in [0.05, 0.1) is 29.0 Å². The van der Waals surface area contributed by atoms with Crippen LogP contribution >= 0.6 is 0 Å². The lowest BCUT2D eigenvalue weighted by atomic mass is 10.1. The Hall–Kier alpha value is -3.54. The number of carbonyl (C=O) groups excluding carboxylic acids is 1. The standard InChI is InChI=1S/C21H19N5O/c1-14-12-23-19(13-22-14)21(27)26-18(11-15-7-3-2-4-8-15)20-24-16-9-5-6-10-17(16)25-20/h2-10,12-13,18H,11H2,1H3,(H,24,25)(H,26,27)/t18-/m0/s1. The van der Waals surface area contributed by atoms with Crippen molar-refractivity contribution in [2.75, 3.05) is 0 Å². The average molecular weight is 357 g/mol. The van der Waals surface area contributed by atoms with Crippen LogP contribution in [0.4, 0.5) is 0 Å². The largest absolute Gasteiger partial charge is 0.340 e. The van der Waals surface area contributed by atoms with Crippen LogP contribution in [0.1, 0.15) is 33.6 Å². The molecule has 0 spiro atoms. The Morgan fingerprint density at radius 2 is 1.81 bits per heavy atom. The van der Waals surface area contributed by atoms with Crippen molar-refractivity contribution in [1.29, 1.82) is 0 Å². The molecule has 0 unspecified atom stereocenters. The SMILES string of the molecule is Cc1cnc(C(=O)N[C@@H](Cc2ccccc2)c2nc3ccccc3[nH]2)cn1. The number of para-hydroxylation sites is 2. The lowest BCUT2D eigenvalue weighted by molar-refractivity contribution is 0.0929. The van der Waals surface area contributed by atoms with Gasteiger partial charge in [0.15, 0.2) is 0 Å². The molecule has 0 aliphatic carbocycles. The quantitative estimate of drug-likeness (QED) is 0.573. The molecule has 6 heteroatoms. The summed E-state index contributed by atoms with van der Waals surface area (Å²) in [6.45, 7) is 1.83. The highest BCUT2D eigenvalue weighted by Gasteiger charge is 2.20. The maximum absolute atomic E-state index is 12.7. The van der Waals surface area contributed by atoms with Crippen LogP contribution in [0.25, 0.3) is 11.0 Å².